The Labute approximate surface area is 101 Å². The van der Waals surface area contributed by atoms with Crippen molar-refractivity contribution in [2.45, 2.75) is 17.9 Å². The first-order chi connectivity index (χ1) is 8.22. The first-order valence-corrected chi connectivity index (χ1v) is 5.84. The van der Waals surface area contributed by atoms with E-state index in [0.717, 1.165) is 12.0 Å². The zero-order valence-electron chi connectivity index (χ0n) is 9.51. The van der Waals surface area contributed by atoms with Crippen LogP contribution in [-0.2, 0) is 5.54 Å². The highest BCUT2D eigenvalue weighted by atomic mass is 16.3. The van der Waals surface area contributed by atoms with Crippen LogP contribution in [0.4, 0.5) is 0 Å². The van der Waals surface area contributed by atoms with Crippen molar-refractivity contribution in [2.75, 3.05) is 0 Å². The summed E-state index contributed by atoms with van der Waals surface area (Å²) in [5, 5.41) is 9.87. The van der Waals surface area contributed by atoms with Crippen LogP contribution in [0.3, 0.4) is 0 Å². The fourth-order valence-electron chi connectivity index (χ4n) is 2.54. The molecule has 0 spiro atoms. The van der Waals surface area contributed by atoms with Gasteiger partial charge >= 0.3 is 0 Å². The molecule has 1 fully saturated rings. The standard InChI is InChI=1S/C15H15NO/c16-15(12-8-4-5-9-14(12)17)10-13(15)11-6-2-1-3-7-11/h1-9,13,17H,10,16H2. The Morgan fingerprint density at radius 2 is 1.65 bits per heavy atom. The van der Waals surface area contributed by atoms with Crippen molar-refractivity contribution < 1.29 is 5.11 Å². The summed E-state index contributed by atoms with van der Waals surface area (Å²) in [6, 6.07) is 17.6. The minimum absolute atomic E-state index is 0.299. The number of phenols is 1. The summed E-state index contributed by atoms with van der Waals surface area (Å²) in [5.74, 6) is 0.616. The Kier molecular flexibility index (Phi) is 2.20. The minimum atomic E-state index is -0.396. The van der Waals surface area contributed by atoms with Crippen LogP contribution in [0.1, 0.15) is 23.5 Å². The van der Waals surface area contributed by atoms with Gasteiger partial charge in [0.1, 0.15) is 5.75 Å². The van der Waals surface area contributed by atoms with Gasteiger partial charge in [-0.05, 0) is 18.1 Å². The molecule has 2 unspecified atom stereocenters. The highest BCUT2D eigenvalue weighted by Gasteiger charge is 2.54. The van der Waals surface area contributed by atoms with Crippen LogP contribution in [-0.4, -0.2) is 5.11 Å². The molecule has 17 heavy (non-hydrogen) atoms. The van der Waals surface area contributed by atoms with Gasteiger partial charge in [0, 0.05) is 11.5 Å². The predicted molar refractivity (Wildman–Crippen MR) is 67.8 cm³/mol. The molecule has 2 heteroatoms. The van der Waals surface area contributed by atoms with Crippen molar-refractivity contribution in [3.8, 4) is 5.75 Å². The van der Waals surface area contributed by atoms with Gasteiger partial charge in [-0.15, -0.1) is 0 Å². The van der Waals surface area contributed by atoms with Crippen LogP contribution in [0.5, 0.6) is 5.75 Å². The fraction of sp³-hybridized carbons (Fsp3) is 0.200. The lowest BCUT2D eigenvalue weighted by atomic mass is 9.99. The maximum absolute atomic E-state index is 9.87. The van der Waals surface area contributed by atoms with E-state index in [1.54, 1.807) is 6.07 Å². The van der Waals surface area contributed by atoms with E-state index in [4.69, 9.17) is 5.73 Å². The monoisotopic (exact) mass is 225 g/mol. The average Bonchev–Trinajstić information content (AvgIpc) is 3.04. The molecule has 2 aromatic rings. The Bertz CT molecular complexity index is 538. The van der Waals surface area contributed by atoms with Gasteiger partial charge < -0.3 is 10.8 Å². The summed E-state index contributed by atoms with van der Waals surface area (Å²) in [7, 11) is 0. The zero-order chi connectivity index (χ0) is 11.9. The third kappa shape index (κ3) is 1.61. The van der Waals surface area contributed by atoms with Crippen molar-refractivity contribution in [2.24, 2.45) is 5.73 Å². The van der Waals surface area contributed by atoms with Gasteiger partial charge in [0.05, 0.1) is 5.54 Å². The lowest BCUT2D eigenvalue weighted by molar-refractivity contribution is 0.458. The maximum Gasteiger partial charge on any atom is 0.120 e. The smallest absolute Gasteiger partial charge is 0.120 e. The summed E-state index contributed by atoms with van der Waals surface area (Å²) in [4.78, 5) is 0. The van der Waals surface area contributed by atoms with Crippen LogP contribution in [0, 0.1) is 0 Å². The quantitative estimate of drug-likeness (QED) is 0.825. The molecule has 1 aliphatic rings. The second-order valence-corrected chi connectivity index (χ2v) is 4.72. The van der Waals surface area contributed by atoms with E-state index in [1.807, 2.05) is 36.4 Å². The van der Waals surface area contributed by atoms with E-state index in [-0.39, 0.29) is 0 Å². The molecule has 0 heterocycles. The number of rotatable bonds is 2. The molecule has 0 bridgehead atoms. The highest BCUT2D eigenvalue weighted by molar-refractivity contribution is 5.47. The van der Waals surface area contributed by atoms with Gasteiger partial charge in [0.25, 0.3) is 0 Å². The number of benzene rings is 2. The van der Waals surface area contributed by atoms with Crippen LogP contribution in [0.25, 0.3) is 0 Å². The van der Waals surface area contributed by atoms with E-state index in [2.05, 4.69) is 12.1 Å². The topological polar surface area (TPSA) is 46.2 Å². The van der Waals surface area contributed by atoms with Crippen LogP contribution < -0.4 is 5.73 Å². The molecule has 0 aromatic heterocycles. The molecule has 2 nitrogen and oxygen atoms in total. The fourth-order valence-corrected chi connectivity index (χ4v) is 2.54. The Morgan fingerprint density at radius 1 is 1.00 bits per heavy atom. The van der Waals surface area contributed by atoms with Crippen molar-refractivity contribution >= 4 is 0 Å². The molecular formula is C15H15NO. The number of hydrogen-bond donors (Lipinski definition) is 2. The SMILES string of the molecule is NC1(c2ccccc2O)CC1c1ccccc1. The summed E-state index contributed by atoms with van der Waals surface area (Å²) >= 11 is 0. The molecule has 86 valence electrons. The number of para-hydroxylation sites is 1. The van der Waals surface area contributed by atoms with Gasteiger partial charge in [-0.1, -0.05) is 48.5 Å². The average molecular weight is 225 g/mol. The zero-order valence-corrected chi connectivity index (χ0v) is 9.51. The second-order valence-electron chi connectivity index (χ2n) is 4.72. The van der Waals surface area contributed by atoms with E-state index in [0.29, 0.717) is 11.7 Å². The molecule has 2 aromatic carbocycles. The number of hydrogen-bond acceptors (Lipinski definition) is 2. The lowest BCUT2D eigenvalue weighted by Gasteiger charge is -2.13. The summed E-state index contributed by atoms with van der Waals surface area (Å²) < 4.78 is 0. The van der Waals surface area contributed by atoms with E-state index < -0.39 is 5.54 Å². The molecule has 3 rings (SSSR count). The highest BCUT2D eigenvalue weighted by Crippen LogP contribution is 2.58. The molecule has 1 aliphatic carbocycles. The molecule has 0 amide bonds. The Morgan fingerprint density at radius 3 is 2.35 bits per heavy atom. The minimum Gasteiger partial charge on any atom is -0.508 e. The second kappa shape index (κ2) is 3.60. The van der Waals surface area contributed by atoms with E-state index in [1.165, 1.54) is 5.56 Å². The predicted octanol–water partition coefficient (Wildman–Crippen LogP) is 2.73. The Hall–Kier alpha value is -1.80. The van der Waals surface area contributed by atoms with E-state index >= 15 is 0 Å². The summed E-state index contributed by atoms with van der Waals surface area (Å²) in [6.07, 6.45) is 0.897. The third-order valence-electron chi connectivity index (χ3n) is 3.61. The lowest BCUT2D eigenvalue weighted by Crippen LogP contribution is -2.21. The van der Waals surface area contributed by atoms with Gasteiger partial charge in [0.2, 0.25) is 0 Å². The third-order valence-corrected chi connectivity index (χ3v) is 3.61. The van der Waals surface area contributed by atoms with Crippen LogP contribution in [0.15, 0.2) is 54.6 Å². The van der Waals surface area contributed by atoms with Crippen molar-refractivity contribution in [1.82, 2.24) is 0 Å². The maximum atomic E-state index is 9.87. The first-order valence-electron chi connectivity index (χ1n) is 5.84. The molecule has 0 saturated heterocycles. The van der Waals surface area contributed by atoms with Crippen molar-refractivity contribution in [3.63, 3.8) is 0 Å². The van der Waals surface area contributed by atoms with Crippen molar-refractivity contribution in [3.05, 3.63) is 65.7 Å². The normalized spacial score (nSPS) is 26.8. The Balaban J connectivity index is 1.95. The molecule has 0 aliphatic heterocycles. The molecule has 1 saturated carbocycles. The van der Waals surface area contributed by atoms with Gasteiger partial charge in [-0.2, -0.15) is 0 Å². The van der Waals surface area contributed by atoms with Gasteiger partial charge in [0.15, 0.2) is 0 Å². The molecule has 3 N–H and O–H groups in total. The van der Waals surface area contributed by atoms with Crippen LogP contribution in [0.2, 0.25) is 0 Å². The van der Waals surface area contributed by atoms with E-state index in [9.17, 15) is 5.11 Å². The number of phenolic OH excluding ortho intramolecular Hbond substituents is 1. The summed E-state index contributed by atoms with van der Waals surface area (Å²) in [6.45, 7) is 0. The first kappa shape index (κ1) is 10.4. The molecule has 2 atom stereocenters. The molecule has 0 radical (unpaired) electrons. The number of nitrogens with two attached hydrogens (primary N) is 1. The largest absolute Gasteiger partial charge is 0.508 e. The van der Waals surface area contributed by atoms with Gasteiger partial charge in [-0.25, -0.2) is 0 Å². The summed E-state index contributed by atoms with van der Waals surface area (Å²) in [5.41, 5.74) is 8.09. The van der Waals surface area contributed by atoms with Crippen molar-refractivity contribution in [1.29, 1.82) is 0 Å². The van der Waals surface area contributed by atoms with Gasteiger partial charge in [-0.3, -0.25) is 0 Å². The van der Waals surface area contributed by atoms with Crippen LogP contribution >= 0.6 is 0 Å². The molecular weight excluding hydrogens is 210 g/mol. The number of aromatic hydroxyl groups is 1.